The summed E-state index contributed by atoms with van der Waals surface area (Å²) in [6.07, 6.45) is 0. The van der Waals surface area contributed by atoms with Crippen molar-refractivity contribution in [3.63, 3.8) is 0 Å². The van der Waals surface area contributed by atoms with Crippen LogP contribution in [-0.4, -0.2) is 25.5 Å². The van der Waals surface area contributed by atoms with Crippen molar-refractivity contribution < 1.29 is 27.6 Å². The molecule has 0 fully saturated rings. The number of nitrogens with zero attached hydrogens (tertiary/aromatic N) is 1. The third kappa shape index (κ3) is 4.35. The van der Waals surface area contributed by atoms with Crippen molar-refractivity contribution in [2.45, 2.75) is 11.8 Å². The maximum Gasteiger partial charge on any atom is 0.261 e. The van der Waals surface area contributed by atoms with Gasteiger partial charge in [-0.05, 0) is 42.8 Å². The minimum atomic E-state index is -4.06. The van der Waals surface area contributed by atoms with E-state index in [1.54, 1.807) is 6.92 Å². The Morgan fingerprint density at radius 1 is 1.04 bits per heavy atom. The third-order valence-electron chi connectivity index (χ3n) is 3.63. The number of amides is 1. The number of rotatable bonds is 6. The number of hydrogen-bond acceptors (Lipinski definition) is 7. The highest BCUT2D eigenvalue weighted by molar-refractivity contribution is 7.92. The summed E-state index contributed by atoms with van der Waals surface area (Å²) in [5, 5.41) is 17.1. The van der Waals surface area contributed by atoms with Crippen molar-refractivity contribution in [3.05, 3.63) is 71.5 Å². The lowest BCUT2D eigenvalue weighted by Gasteiger charge is -2.11. The van der Waals surface area contributed by atoms with E-state index in [-0.39, 0.29) is 27.5 Å². The van der Waals surface area contributed by atoms with Crippen molar-refractivity contribution >= 4 is 33.4 Å². The molecule has 0 aliphatic rings. The van der Waals surface area contributed by atoms with E-state index in [9.17, 15) is 23.1 Å². The minimum absolute atomic E-state index is 0.0506. The summed E-state index contributed by atoms with van der Waals surface area (Å²) in [6.45, 7) is 1.66. The largest absolute Gasteiger partial charge is 0.545 e. The molecule has 0 unspecified atom stereocenters. The fourth-order valence-electron chi connectivity index (χ4n) is 2.34. The lowest BCUT2D eigenvalue weighted by Crippen LogP contribution is -2.22. The average Bonchev–Trinajstić information content (AvgIpc) is 3.06. The zero-order valence-electron chi connectivity index (χ0n) is 14.5. The summed E-state index contributed by atoms with van der Waals surface area (Å²) in [4.78, 5) is 23.0. The molecule has 3 aromatic rings. The number of nitrogens with one attached hydrogen (secondary N) is 2. The SMILES string of the molecule is Cc1cc(NC(=O)c2cccc(S(=O)(=O)Nc3cccc(C(=O)[O-])c3)c2)no1. The van der Waals surface area contributed by atoms with Crippen LogP contribution < -0.4 is 15.1 Å². The van der Waals surface area contributed by atoms with Crippen molar-refractivity contribution in [2.75, 3.05) is 10.0 Å². The number of hydrogen-bond donors (Lipinski definition) is 2. The van der Waals surface area contributed by atoms with E-state index in [0.29, 0.717) is 5.76 Å². The molecular weight excluding hydrogens is 386 g/mol. The first kappa shape index (κ1) is 19.1. The normalized spacial score (nSPS) is 11.0. The van der Waals surface area contributed by atoms with E-state index < -0.39 is 21.9 Å². The minimum Gasteiger partial charge on any atom is -0.545 e. The number of benzene rings is 2. The first-order chi connectivity index (χ1) is 13.2. The van der Waals surface area contributed by atoms with Gasteiger partial charge in [0, 0.05) is 17.3 Å². The number of carbonyl (C=O) groups excluding carboxylic acids is 2. The van der Waals surface area contributed by atoms with Crippen LogP contribution >= 0.6 is 0 Å². The first-order valence-corrected chi connectivity index (χ1v) is 9.42. The van der Waals surface area contributed by atoms with Gasteiger partial charge in [0.05, 0.1) is 10.9 Å². The van der Waals surface area contributed by atoms with Crippen molar-refractivity contribution in [3.8, 4) is 0 Å². The highest BCUT2D eigenvalue weighted by Gasteiger charge is 2.17. The molecule has 10 heteroatoms. The summed E-state index contributed by atoms with van der Waals surface area (Å²) in [5.74, 6) is -1.28. The molecule has 1 aromatic heterocycles. The number of aromatic nitrogens is 1. The molecule has 28 heavy (non-hydrogen) atoms. The second-order valence-electron chi connectivity index (χ2n) is 5.78. The Morgan fingerprint density at radius 2 is 1.75 bits per heavy atom. The van der Waals surface area contributed by atoms with Gasteiger partial charge in [-0.1, -0.05) is 23.4 Å². The molecule has 0 saturated carbocycles. The molecule has 0 bridgehead atoms. The molecule has 144 valence electrons. The number of carboxylic acids is 1. The Balaban J connectivity index is 1.82. The van der Waals surface area contributed by atoms with E-state index in [0.717, 1.165) is 6.07 Å². The number of carboxylic acid groups (broad SMARTS) is 1. The monoisotopic (exact) mass is 400 g/mol. The summed E-state index contributed by atoms with van der Waals surface area (Å²) in [7, 11) is -4.06. The summed E-state index contributed by atoms with van der Waals surface area (Å²) < 4.78 is 32.3. The molecule has 2 N–H and O–H groups in total. The van der Waals surface area contributed by atoms with Crippen LogP contribution in [0.4, 0.5) is 11.5 Å². The Morgan fingerprint density at radius 3 is 2.43 bits per heavy atom. The van der Waals surface area contributed by atoms with Gasteiger partial charge in [0.1, 0.15) is 5.76 Å². The predicted octanol–water partition coefficient (Wildman–Crippen LogP) is 1.40. The fourth-order valence-corrected chi connectivity index (χ4v) is 3.44. The number of sulfonamides is 1. The van der Waals surface area contributed by atoms with Crippen LogP contribution in [0.25, 0.3) is 0 Å². The molecule has 9 nitrogen and oxygen atoms in total. The molecule has 0 spiro atoms. The predicted molar refractivity (Wildman–Crippen MR) is 97.2 cm³/mol. The van der Waals surface area contributed by atoms with Crippen molar-refractivity contribution in [1.29, 1.82) is 0 Å². The van der Waals surface area contributed by atoms with Gasteiger partial charge in [-0.15, -0.1) is 0 Å². The highest BCUT2D eigenvalue weighted by Crippen LogP contribution is 2.19. The summed E-state index contributed by atoms with van der Waals surface area (Å²) >= 11 is 0. The van der Waals surface area contributed by atoms with Crippen LogP contribution in [0, 0.1) is 6.92 Å². The van der Waals surface area contributed by atoms with Crippen LogP contribution in [0.1, 0.15) is 26.5 Å². The Labute approximate surface area is 160 Å². The molecule has 0 aliphatic carbocycles. The number of aryl methyl sites for hydroxylation is 1. The second-order valence-corrected chi connectivity index (χ2v) is 7.46. The number of aromatic carboxylic acids is 1. The van der Waals surface area contributed by atoms with E-state index in [1.807, 2.05) is 0 Å². The van der Waals surface area contributed by atoms with Gasteiger partial charge in [-0.2, -0.15) is 0 Å². The zero-order valence-corrected chi connectivity index (χ0v) is 15.3. The lowest BCUT2D eigenvalue weighted by molar-refractivity contribution is -0.255. The molecule has 0 atom stereocenters. The van der Waals surface area contributed by atoms with E-state index in [1.165, 1.54) is 48.5 Å². The molecule has 1 heterocycles. The van der Waals surface area contributed by atoms with Gasteiger partial charge in [0.25, 0.3) is 15.9 Å². The smallest absolute Gasteiger partial charge is 0.261 e. The first-order valence-electron chi connectivity index (χ1n) is 7.93. The van der Waals surface area contributed by atoms with Gasteiger partial charge in [0.2, 0.25) is 0 Å². The quantitative estimate of drug-likeness (QED) is 0.637. The van der Waals surface area contributed by atoms with E-state index in [2.05, 4.69) is 15.2 Å². The van der Waals surface area contributed by atoms with Crippen LogP contribution in [0.2, 0.25) is 0 Å². The molecule has 0 aliphatic heterocycles. The van der Waals surface area contributed by atoms with Gasteiger partial charge in [0.15, 0.2) is 5.82 Å². The topological polar surface area (TPSA) is 141 Å². The summed E-state index contributed by atoms with van der Waals surface area (Å²) in [6, 6.07) is 12.1. The fraction of sp³-hybridized carbons (Fsp3) is 0.0556. The molecule has 0 saturated heterocycles. The third-order valence-corrected chi connectivity index (χ3v) is 5.01. The highest BCUT2D eigenvalue weighted by atomic mass is 32.2. The van der Waals surface area contributed by atoms with Crippen LogP contribution in [-0.2, 0) is 10.0 Å². The molecule has 2 aromatic carbocycles. The van der Waals surface area contributed by atoms with Gasteiger partial charge in [-0.3, -0.25) is 9.52 Å². The van der Waals surface area contributed by atoms with E-state index in [4.69, 9.17) is 4.52 Å². The van der Waals surface area contributed by atoms with Gasteiger partial charge in [-0.25, -0.2) is 8.42 Å². The van der Waals surface area contributed by atoms with Gasteiger partial charge < -0.3 is 19.7 Å². The van der Waals surface area contributed by atoms with Crippen LogP contribution in [0.15, 0.2) is 64.0 Å². The average molecular weight is 400 g/mol. The van der Waals surface area contributed by atoms with E-state index >= 15 is 0 Å². The van der Waals surface area contributed by atoms with Crippen molar-refractivity contribution in [2.24, 2.45) is 0 Å². The number of anilines is 2. The maximum atomic E-state index is 12.6. The maximum absolute atomic E-state index is 12.6. The standard InChI is InChI=1S/C18H15N3O6S/c1-11-8-16(20-27-11)19-17(22)12-4-3-7-15(10-12)28(25,26)21-14-6-2-5-13(9-14)18(23)24/h2-10,21H,1H3,(H,23,24)(H,19,20,22)/p-1. The van der Waals surface area contributed by atoms with Crippen LogP contribution in [0.3, 0.4) is 0 Å². The second kappa shape index (κ2) is 7.53. The van der Waals surface area contributed by atoms with Crippen LogP contribution in [0.5, 0.6) is 0 Å². The Kier molecular flexibility index (Phi) is 5.14. The zero-order chi connectivity index (χ0) is 20.3. The number of carbonyl (C=O) groups is 2. The Bertz CT molecular complexity index is 1150. The molecule has 1 amide bonds. The summed E-state index contributed by atoms with van der Waals surface area (Å²) in [5.41, 5.74) is -0.0297. The molecule has 3 rings (SSSR count). The lowest BCUT2D eigenvalue weighted by atomic mass is 10.2. The molecule has 0 radical (unpaired) electrons. The van der Waals surface area contributed by atoms with Gasteiger partial charge >= 0.3 is 0 Å². The molecular formula is C18H14N3O6S-. The Hall–Kier alpha value is -3.66. The van der Waals surface area contributed by atoms with Crippen molar-refractivity contribution in [1.82, 2.24) is 5.16 Å².